The number of halogens is 1. The highest BCUT2D eigenvalue weighted by molar-refractivity contribution is 5.95. The minimum atomic E-state index is -0.512. The number of amides is 3. The summed E-state index contributed by atoms with van der Waals surface area (Å²) in [5, 5.41) is 5.87. The average Bonchev–Trinajstić information content (AvgIpc) is 2.82. The van der Waals surface area contributed by atoms with Crippen LogP contribution in [-0.2, 0) is 16.0 Å². The first-order valence-corrected chi connectivity index (χ1v) is 11.4. The second-order valence-electron chi connectivity index (χ2n) is 8.43. The van der Waals surface area contributed by atoms with Crippen LogP contribution in [0.1, 0.15) is 48.0 Å². The van der Waals surface area contributed by atoms with Crippen LogP contribution in [0.5, 0.6) is 5.75 Å². The van der Waals surface area contributed by atoms with Gasteiger partial charge in [-0.3, -0.25) is 14.4 Å². The van der Waals surface area contributed by atoms with Crippen LogP contribution in [-0.4, -0.2) is 48.4 Å². The number of fused-ring (bicyclic) bond motifs is 1. The molecule has 0 atom stereocenters. The summed E-state index contributed by atoms with van der Waals surface area (Å²) in [6.07, 6.45) is 3.42. The Morgan fingerprint density at radius 2 is 1.91 bits per heavy atom. The third kappa shape index (κ3) is 5.88. The van der Waals surface area contributed by atoms with Crippen molar-refractivity contribution in [2.75, 3.05) is 25.0 Å². The summed E-state index contributed by atoms with van der Waals surface area (Å²) in [5.74, 6) is -0.0886. The molecular formula is C25H28FN3O4. The average molecular weight is 454 g/mol. The van der Waals surface area contributed by atoms with Gasteiger partial charge in [-0.15, -0.1) is 0 Å². The summed E-state index contributed by atoms with van der Waals surface area (Å²) in [6.45, 7) is 1.40. The number of carbonyl (C=O) groups is 3. The maximum Gasteiger partial charge on any atom is 0.256 e. The number of anilines is 1. The SMILES string of the molecule is O=C1CCc2cc(OCCCC(=O)NC3CCN(C(=O)c4ccccc4F)CC3)ccc2N1. The third-order valence-corrected chi connectivity index (χ3v) is 6.04. The van der Waals surface area contributed by atoms with Gasteiger partial charge in [0.25, 0.3) is 5.91 Å². The lowest BCUT2D eigenvalue weighted by Crippen LogP contribution is -2.46. The summed E-state index contributed by atoms with van der Waals surface area (Å²) in [7, 11) is 0. The molecule has 2 N–H and O–H groups in total. The smallest absolute Gasteiger partial charge is 0.256 e. The number of aryl methyl sites for hydroxylation is 1. The summed E-state index contributed by atoms with van der Waals surface area (Å²) in [6, 6.07) is 11.6. The normalized spacial score (nSPS) is 16.0. The molecule has 33 heavy (non-hydrogen) atoms. The third-order valence-electron chi connectivity index (χ3n) is 6.04. The second-order valence-corrected chi connectivity index (χ2v) is 8.43. The molecule has 2 aromatic rings. The number of carbonyl (C=O) groups excluding carboxylic acids is 3. The van der Waals surface area contributed by atoms with Crippen molar-refractivity contribution in [3.8, 4) is 5.75 Å². The summed E-state index contributed by atoms with van der Waals surface area (Å²) in [4.78, 5) is 37.9. The van der Waals surface area contributed by atoms with Crippen LogP contribution >= 0.6 is 0 Å². The fourth-order valence-corrected chi connectivity index (χ4v) is 4.20. The molecule has 0 unspecified atom stereocenters. The maximum absolute atomic E-state index is 13.9. The van der Waals surface area contributed by atoms with Gasteiger partial charge in [-0.1, -0.05) is 12.1 Å². The van der Waals surface area contributed by atoms with E-state index in [1.165, 1.54) is 12.1 Å². The summed E-state index contributed by atoms with van der Waals surface area (Å²) in [5.41, 5.74) is 1.98. The monoisotopic (exact) mass is 453 g/mol. The predicted molar refractivity (Wildman–Crippen MR) is 122 cm³/mol. The number of hydrogen-bond acceptors (Lipinski definition) is 4. The lowest BCUT2D eigenvalue weighted by atomic mass is 10.0. The Morgan fingerprint density at radius 1 is 1.12 bits per heavy atom. The summed E-state index contributed by atoms with van der Waals surface area (Å²) < 4.78 is 19.6. The molecule has 8 heteroatoms. The molecule has 7 nitrogen and oxygen atoms in total. The van der Waals surface area contributed by atoms with Crippen molar-refractivity contribution >= 4 is 23.4 Å². The van der Waals surface area contributed by atoms with Crippen molar-refractivity contribution in [1.82, 2.24) is 10.2 Å². The highest BCUT2D eigenvalue weighted by Gasteiger charge is 2.25. The molecule has 2 aromatic carbocycles. The van der Waals surface area contributed by atoms with Gasteiger partial charge in [0.1, 0.15) is 11.6 Å². The van der Waals surface area contributed by atoms with Crippen molar-refractivity contribution in [3.05, 3.63) is 59.4 Å². The molecular weight excluding hydrogens is 425 g/mol. The molecule has 2 aliphatic heterocycles. The molecule has 0 saturated carbocycles. The van der Waals surface area contributed by atoms with Crippen LogP contribution in [0.25, 0.3) is 0 Å². The predicted octanol–water partition coefficient (Wildman–Crippen LogP) is 3.29. The lowest BCUT2D eigenvalue weighted by molar-refractivity contribution is -0.122. The molecule has 4 rings (SSSR count). The topological polar surface area (TPSA) is 87.7 Å². The quantitative estimate of drug-likeness (QED) is 0.630. The largest absolute Gasteiger partial charge is 0.494 e. The number of piperidine rings is 1. The van der Waals surface area contributed by atoms with Gasteiger partial charge < -0.3 is 20.3 Å². The van der Waals surface area contributed by atoms with Gasteiger partial charge in [0.15, 0.2) is 0 Å². The van der Waals surface area contributed by atoms with E-state index in [0.717, 1.165) is 17.0 Å². The van der Waals surface area contributed by atoms with E-state index in [2.05, 4.69) is 10.6 Å². The number of ether oxygens (including phenoxy) is 1. The zero-order valence-electron chi connectivity index (χ0n) is 18.4. The van der Waals surface area contributed by atoms with E-state index < -0.39 is 5.82 Å². The standard InChI is InChI=1S/C25H28FN3O4/c26-21-5-2-1-4-20(21)25(32)29-13-11-18(12-14-29)27-23(30)6-3-15-33-19-8-9-22-17(16-19)7-10-24(31)28-22/h1-2,4-5,8-9,16,18H,3,6-7,10-15H2,(H,27,30)(H,28,31). The van der Waals surface area contributed by atoms with Gasteiger partial charge in [-0.2, -0.15) is 0 Å². The first-order valence-electron chi connectivity index (χ1n) is 11.4. The number of benzene rings is 2. The van der Waals surface area contributed by atoms with Gasteiger partial charge in [-0.25, -0.2) is 4.39 Å². The Balaban J connectivity index is 1.14. The van der Waals surface area contributed by atoms with E-state index in [1.54, 1.807) is 17.0 Å². The van der Waals surface area contributed by atoms with Crippen LogP contribution in [0.15, 0.2) is 42.5 Å². The van der Waals surface area contributed by atoms with Crippen molar-refractivity contribution in [2.45, 2.75) is 44.6 Å². The zero-order chi connectivity index (χ0) is 23.2. The van der Waals surface area contributed by atoms with Crippen molar-refractivity contribution in [1.29, 1.82) is 0 Å². The molecule has 0 aromatic heterocycles. The van der Waals surface area contributed by atoms with E-state index in [-0.39, 0.29) is 29.3 Å². The maximum atomic E-state index is 13.9. The molecule has 2 heterocycles. The number of rotatable bonds is 7. The van der Waals surface area contributed by atoms with Gasteiger partial charge in [0.05, 0.1) is 12.2 Å². The Labute approximate surface area is 192 Å². The molecule has 1 saturated heterocycles. The molecule has 0 spiro atoms. The first-order chi connectivity index (χ1) is 16.0. The van der Waals surface area contributed by atoms with Crippen LogP contribution in [0.4, 0.5) is 10.1 Å². The fourth-order valence-electron chi connectivity index (χ4n) is 4.20. The number of nitrogens with one attached hydrogen (secondary N) is 2. The van der Waals surface area contributed by atoms with Crippen LogP contribution in [0, 0.1) is 5.82 Å². The highest BCUT2D eigenvalue weighted by Crippen LogP contribution is 2.27. The zero-order valence-corrected chi connectivity index (χ0v) is 18.4. The fraction of sp³-hybridized carbons (Fsp3) is 0.400. The Hall–Kier alpha value is -3.42. The molecule has 0 radical (unpaired) electrons. The van der Waals surface area contributed by atoms with Gasteiger partial charge in [0.2, 0.25) is 11.8 Å². The number of nitrogens with zero attached hydrogens (tertiary/aromatic N) is 1. The van der Waals surface area contributed by atoms with Gasteiger partial charge in [0, 0.05) is 37.7 Å². The van der Waals surface area contributed by atoms with E-state index in [0.29, 0.717) is 58.2 Å². The van der Waals surface area contributed by atoms with E-state index in [1.807, 2.05) is 18.2 Å². The van der Waals surface area contributed by atoms with Gasteiger partial charge in [-0.05, 0) is 61.6 Å². The van der Waals surface area contributed by atoms with Crippen molar-refractivity contribution in [3.63, 3.8) is 0 Å². The first kappa shape index (κ1) is 22.8. The van der Waals surface area contributed by atoms with Crippen molar-refractivity contribution < 1.29 is 23.5 Å². The molecule has 3 amide bonds. The Morgan fingerprint density at radius 3 is 2.70 bits per heavy atom. The molecule has 2 aliphatic rings. The van der Waals surface area contributed by atoms with E-state index in [9.17, 15) is 18.8 Å². The van der Waals surface area contributed by atoms with Crippen LogP contribution in [0.3, 0.4) is 0 Å². The van der Waals surface area contributed by atoms with Gasteiger partial charge >= 0.3 is 0 Å². The van der Waals surface area contributed by atoms with Crippen LogP contribution in [0.2, 0.25) is 0 Å². The lowest BCUT2D eigenvalue weighted by Gasteiger charge is -2.32. The minimum absolute atomic E-state index is 0.0129. The Kier molecular flexibility index (Phi) is 7.22. The Bertz CT molecular complexity index is 1030. The molecule has 1 fully saturated rings. The highest BCUT2D eigenvalue weighted by atomic mass is 19.1. The van der Waals surface area contributed by atoms with E-state index >= 15 is 0 Å². The van der Waals surface area contributed by atoms with Crippen LogP contribution < -0.4 is 15.4 Å². The second kappa shape index (κ2) is 10.5. The summed E-state index contributed by atoms with van der Waals surface area (Å²) >= 11 is 0. The molecule has 174 valence electrons. The minimum Gasteiger partial charge on any atom is -0.494 e. The molecule has 0 aliphatic carbocycles. The molecule has 0 bridgehead atoms. The van der Waals surface area contributed by atoms with Crippen molar-refractivity contribution in [2.24, 2.45) is 0 Å². The number of likely N-dealkylation sites (tertiary alicyclic amines) is 1. The van der Waals surface area contributed by atoms with E-state index in [4.69, 9.17) is 4.74 Å². The number of hydrogen-bond donors (Lipinski definition) is 2.